The lowest BCUT2D eigenvalue weighted by Gasteiger charge is -2.34. The highest BCUT2D eigenvalue weighted by molar-refractivity contribution is 7.48. The first-order chi connectivity index (χ1) is 8.02. The summed E-state index contributed by atoms with van der Waals surface area (Å²) >= 11 is 0. The fraction of sp³-hybridized carbons (Fsp3) is 0.385. The molecule has 0 amide bonds. The smallest absolute Gasteiger partial charge is 0.166 e. The molecule has 0 nitrogen and oxygen atoms in total. The Balaban J connectivity index is 3.18. The van der Waals surface area contributed by atoms with Crippen LogP contribution in [0.15, 0.2) is 24.3 Å². The van der Waals surface area contributed by atoms with Gasteiger partial charge < -0.3 is 0 Å². The van der Waals surface area contributed by atoms with Gasteiger partial charge in [0.15, 0.2) is 0 Å². The van der Waals surface area contributed by atoms with Crippen LogP contribution in [0.3, 0.4) is 0 Å². The summed E-state index contributed by atoms with van der Waals surface area (Å²) in [6, 6.07) is 5.51. The van der Waals surface area contributed by atoms with E-state index >= 15 is 0 Å². The Bertz CT molecular complexity index is 464. The van der Waals surface area contributed by atoms with Crippen molar-refractivity contribution in [3.63, 3.8) is 0 Å². The fourth-order valence-corrected chi connectivity index (χ4v) is 7.45. The van der Waals surface area contributed by atoms with E-state index in [0.29, 0.717) is 0 Å². The van der Waals surface area contributed by atoms with Gasteiger partial charge in [0.1, 0.15) is 7.59 Å². The van der Waals surface area contributed by atoms with Crippen molar-refractivity contribution in [2.24, 2.45) is 0 Å². The summed E-state index contributed by atoms with van der Waals surface area (Å²) in [5, 5.41) is 1.00. The largest absolute Gasteiger partial charge is 0.416 e. The molecule has 1 rings (SSSR count). The van der Waals surface area contributed by atoms with E-state index in [1.54, 1.807) is 12.1 Å². The van der Waals surface area contributed by atoms with Crippen molar-refractivity contribution in [3.8, 4) is 12.0 Å². The highest BCUT2D eigenvalue weighted by Gasteiger charge is 2.41. The van der Waals surface area contributed by atoms with Crippen LogP contribution in [0, 0.1) is 12.0 Å². The molecular formula is C13H17F3Si2. The van der Waals surface area contributed by atoms with Crippen molar-refractivity contribution in [1.82, 2.24) is 0 Å². The molecule has 1 aromatic rings. The minimum atomic E-state index is -4.27. The van der Waals surface area contributed by atoms with Crippen molar-refractivity contribution < 1.29 is 13.2 Å². The van der Waals surface area contributed by atoms with Gasteiger partial charge in [0.25, 0.3) is 0 Å². The molecule has 0 aromatic heterocycles. The molecule has 5 heteroatoms. The number of hydrogen-bond acceptors (Lipinski definition) is 0. The number of alkyl halides is 3. The topological polar surface area (TPSA) is 0 Å². The molecule has 98 valence electrons. The van der Waals surface area contributed by atoms with Gasteiger partial charge in [0.05, 0.1) is 13.2 Å². The lowest BCUT2D eigenvalue weighted by Crippen LogP contribution is -2.62. The first kappa shape index (κ1) is 15.1. The Morgan fingerprint density at radius 2 is 1.44 bits per heavy atom. The molecule has 0 saturated carbocycles. The van der Waals surface area contributed by atoms with E-state index in [-0.39, 0.29) is 0 Å². The maximum absolute atomic E-state index is 12.5. The first-order valence-electron chi connectivity index (χ1n) is 5.68. The van der Waals surface area contributed by atoms with Crippen molar-refractivity contribution in [2.75, 3.05) is 0 Å². The second-order valence-electron chi connectivity index (χ2n) is 5.47. The number of hydrogen-bond donors (Lipinski definition) is 0. The molecule has 0 aliphatic carbocycles. The molecule has 0 unspecified atom stereocenters. The molecule has 0 N–H and O–H groups in total. The third kappa shape index (κ3) is 2.70. The van der Waals surface area contributed by atoms with Gasteiger partial charge in [0.2, 0.25) is 0 Å². The van der Waals surface area contributed by atoms with Crippen LogP contribution in [0.25, 0.3) is 0 Å². The Morgan fingerprint density at radius 1 is 1.00 bits per heavy atom. The lowest BCUT2D eigenvalue weighted by molar-refractivity contribution is -0.137. The second kappa shape index (κ2) is 4.59. The Labute approximate surface area is 108 Å². The van der Waals surface area contributed by atoms with Crippen molar-refractivity contribution in [3.05, 3.63) is 29.8 Å². The summed E-state index contributed by atoms with van der Waals surface area (Å²) in [7, 11) is -3.68. The van der Waals surface area contributed by atoms with Crippen LogP contribution in [-0.4, -0.2) is 15.2 Å². The fourth-order valence-electron chi connectivity index (χ4n) is 1.62. The van der Waals surface area contributed by atoms with Gasteiger partial charge in [-0.05, 0) is 0 Å². The van der Waals surface area contributed by atoms with Crippen LogP contribution in [-0.2, 0) is 6.18 Å². The van der Waals surface area contributed by atoms with Gasteiger partial charge in [-0.3, -0.25) is 0 Å². The molecule has 0 fully saturated rings. The molecule has 18 heavy (non-hydrogen) atoms. The monoisotopic (exact) mass is 286 g/mol. The molecule has 0 bridgehead atoms. The van der Waals surface area contributed by atoms with Crippen LogP contribution >= 0.6 is 0 Å². The predicted molar refractivity (Wildman–Crippen MR) is 74.9 cm³/mol. The zero-order chi connectivity index (χ0) is 14.2. The predicted octanol–water partition coefficient (Wildman–Crippen LogP) is 3.58. The van der Waals surface area contributed by atoms with Gasteiger partial charge in [-0.2, -0.15) is 13.2 Å². The molecule has 0 spiro atoms. The van der Waals surface area contributed by atoms with E-state index in [2.05, 4.69) is 31.7 Å². The summed E-state index contributed by atoms with van der Waals surface area (Å²) in [5.41, 5.74) is 2.30. The van der Waals surface area contributed by atoms with Crippen LogP contribution in [0.2, 0.25) is 26.2 Å². The second-order valence-corrected chi connectivity index (χ2v) is 20.3. The van der Waals surface area contributed by atoms with Gasteiger partial charge in [-0.25, -0.2) is 0 Å². The van der Waals surface area contributed by atoms with Gasteiger partial charge >= 0.3 is 6.18 Å². The molecule has 0 saturated heterocycles. The standard InChI is InChI=1S/C13H17F3Si2/c1-6-17(2,3)18(4,5)12-9-7-11(8-10-12)13(14,15)16/h1,7-10H,2-5H3. The minimum Gasteiger partial charge on any atom is -0.166 e. The van der Waals surface area contributed by atoms with Crippen LogP contribution in [0.4, 0.5) is 13.2 Å². The summed E-state index contributed by atoms with van der Waals surface area (Å²) in [6.45, 7) is 8.50. The van der Waals surface area contributed by atoms with E-state index < -0.39 is 26.9 Å². The van der Waals surface area contributed by atoms with Gasteiger partial charge in [-0.15, -0.1) is 12.0 Å². The maximum atomic E-state index is 12.5. The molecule has 0 aliphatic rings. The quantitative estimate of drug-likeness (QED) is 0.576. The van der Waals surface area contributed by atoms with E-state index in [4.69, 9.17) is 6.42 Å². The Kier molecular flexibility index (Phi) is 3.84. The summed E-state index contributed by atoms with van der Waals surface area (Å²) in [5.74, 6) is 0. The van der Waals surface area contributed by atoms with Gasteiger partial charge in [-0.1, -0.05) is 55.6 Å². The molecule has 0 heterocycles. The summed E-state index contributed by atoms with van der Waals surface area (Å²) < 4.78 is 37.5. The maximum Gasteiger partial charge on any atom is 0.416 e. The number of benzene rings is 1. The van der Waals surface area contributed by atoms with Crippen LogP contribution < -0.4 is 5.19 Å². The Morgan fingerprint density at radius 3 is 1.78 bits per heavy atom. The molecule has 0 radical (unpaired) electrons. The van der Waals surface area contributed by atoms with Gasteiger partial charge in [0, 0.05) is 0 Å². The highest BCUT2D eigenvalue weighted by Crippen LogP contribution is 2.29. The third-order valence-corrected chi connectivity index (χ3v) is 20.2. The minimum absolute atomic E-state index is 0.601. The molecular weight excluding hydrogens is 269 g/mol. The zero-order valence-corrected chi connectivity index (χ0v) is 13.0. The average Bonchev–Trinajstić information content (AvgIpc) is 2.27. The average molecular weight is 286 g/mol. The van der Waals surface area contributed by atoms with E-state index in [1.807, 2.05) is 0 Å². The van der Waals surface area contributed by atoms with Crippen LogP contribution in [0.5, 0.6) is 0 Å². The van der Waals surface area contributed by atoms with Crippen molar-refractivity contribution >= 4 is 20.4 Å². The number of terminal acetylenes is 1. The zero-order valence-electron chi connectivity index (χ0n) is 11.0. The highest BCUT2D eigenvalue weighted by atomic mass is 29.3. The SMILES string of the molecule is C#C[Si](C)(C)[Si](C)(C)c1ccc(C(F)(F)F)cc1. The number of rotatable bonds is 2. The molecule has 0 atom stereocenters. The van der Waals surface area contributed by atoms with E-state index in [1.165, 1.54) is 0 Å². The third-order valence-electron chi connectivity index (χ3n) is 3.86. The lowest BCUT2D eigenvalue weighted by atomic mass is 10.2. The number of halogens is 3. The first-order valence-corrected chi connectivity index (χ1v) is 12.7. The molecule has 0 aliphatic heterocycles. The molecule has 1 aromatic carbocycles. The van der Waals surface area contributed by atoms with Crippen molar-refractivity contribution in [1.29, 1.82) is 0 Å². The summed E-state index contributed by atoms with van der Waals surface area (Å²) in [4.78, 5) is 0. The Hall–Kier alpha value is -0.996. The van der Waals surface area contributed by atoms with Crippen molar-refractivity contribution in [2.45, 2.75) is 32.4 Å². The van der Waals surface area contributed by atoms with E-state index in [9.17, 15) is 13.2 Å². The normalized spacial score (nSPS) is 13.2. The summed E-state index contributed by atoms with van der Waals surface area (Å²) in [6.07, 6.45) is 1.32. The van der Waals surface area contributed by atoms with E-state index in [0.717, 1.165) is 17.3 Å². The van der Waals surface area contributed by atoms with Crippen LogP contribution in [0.1, 0.15) is 5.56 Å².